The Kier molecular flexibility index (Phi) is 3.40. The summed E-state index contributed by atoms with van der Waals surface area (Å²) in [6.07, 6.45) is 2.25. The summed E-state index contributed by atoms with van der Waals surface area (Å²) in [7, 11) is -3.26. The van der Waals surface area contributed by atoms with Gasteiger partial charge in [0.2, 0.25) is 10.0 Å². The van der Waals surface area contributed by atoms with Crippen LogP contribution in [0, 0.1) is 5.92 Å². The number of benzene rings is 1. The van der Waals surface area contributed by atoms with Crippen LogP contribution >= 0.6 is 0 Å². The summed E-state index contributed by atoms with van der Waals surface area (Å²) in [5, 5.41) is 0. The molecule has 94 valence electrons. The lowest BCUT2D eigenvalue weighted by Gasteiger charge is -2.13. The highest BCUT2D eigenvalue weighted by atomic mass is 32.2. The van der Waals surface area contributed by atoms with Crippen molar-refractivity contribution in [3.63, 3.8) is 0 Å². The molecule has 1 aromatic carbocycles. The van der Waals surface area contributed by atoms with Crippen molar-refractivity contribution in [2.45, 2.75) is 31.6 Å². The SMILES string of the molecule is CC(NS(=O)(=O)Cc1cccc(N)c1)C1CC1. The maximum Gasteiger partial charge on any atom is 0.216 e. The van der Waals surface area contributed by atoms with Gasteiger partial charge in [0.05, 0.1) is 5.75 Å². The average Bonchev–Trinajstić information content (AvgIpc) is 2.98. The molecule has 0 heterocycles. The molecule has 5 heteroatoms. The summed E-state index contributed by atoms with van der Waals surface area (Å²) in [5.41, 5.74) is 6.94. The lowest BCUT2D eigenvalue weighted by molar-refractivity contribution is 0.537. The molecule has 0 aromatic heterocycles. The van der Waals surface area contributed by atoms with E-state index in [1.54, 1.807) is 24.3 Å². The second kappa shape index (κ2) is 4.66. The third kappa shape index (κ3) is 3.71. The molecule has 1 fully saturated rings. The Hall–Kier alpha value is -1.07. The summed E-state index contributed by atoms with van der Waals surface area (Å²) in [4.78, 5) is 0. The molecule has 17 heavy (non-hydrogen) atoms. The predicted octanol–water partition coefficient (Wildman–Crippen LogP) is 1.49. The second-order valence-electron chi connectivity index (χ2n) is 4.75. The fraction of sp³-hybridized carbons (Fsp3) is 0.500. The number of sulfonamides is 1. The van der Waals surface area contributed by atoms with Gasteiger partial charge < -0.3 is 5.73 Å². The van der Waals surface area contributed by atoms with Gasteiger partial charge in [-0.15, -0.1) is 0 Å². The van der Waals surface area contributed by atoms with Gasteiger partial charge in [-0.1, -0.05) is 12.1 Å². The fourth-order valence-corrected chi connectivity index (χ4v) is 3.38. The molecule has 2 rings (SSSR count). The molecule has 1 unspecified atom stereocenters. The Morgan fingerprint density at radius 1 is 1.47 bits per heavy atom. The van der Waals surface area contributed by atoms with E-state index in [-0.39, 0.29) is 11.8 Å². The van der Waals surface area contributed by atoms with Gasteiger partial charge in [-0.3, -0.25) is 0 Å². The van der Waals surface area contributed by atoms with E-state index in [0.717, 1.165) is 18.4 Å². The van der Waals surface area contributed by atoms with Crippen molar-refractivity contribution in [3.8, 4) is 0 Å². The summed E-state index contributed by atoms with van der Waals surface area (Å²) < 4.78 is 26.5. The summed E-state index contributed by atoms with van der Waals surface area (Å²) in [6, 6.07) is 7.03. The van der Waals surface area contributed by atoms with Gasteiger partial charge in [-0.2, -0.15) is 0 Å². The van der Waals surface area contributed by atoms with E-state index < -0.39 is 10.0 Å². The van der Waals surface area contributed by atoms with Gasteiger partial charge in [-0.05, 0) is 43.4 Å². The third-order valence-electron chi connectivity index (χ3n) is 3.00. The van der Waals surface area contributed by atoms with Crippen LogP contribution in [0.15, 0.2) is 24.3 Å². The number of hydrogen-bond acceptors (Lipinski definition) is 3. The van der Waals surface area contributed by atoms with Crippen molar-refractivity contribution in [2.24, 2.45) is 5.92 Å². The number of rotatable bonds is 5. The minimum absolute atomic E-state index is 0.00486. The molecule has 3 N–H and O–H groups in total. The van der Waals surface area contributed by atoms with Crippen LogP contribution in [0.5, 0.6) is 0 Å². The van der Waals surface area contributed by atoms with E-state index in [9.17, 15) is 8.42 Å². The van der Waals surface area contributed by atoms with E-state index in [2.05, 4.69) is 4.72 Å². The smallest absolute Gasteiger partial charge is 0.216 e. The molecular formula is C12H18N2O2S. The van der Waals surface area contributed by atoms with Gasteiger partial charge in [0.25, 0.3) is 0 Å². The molecule has 0 spiro atoms. The number of nitrogens with one attached hydrogen (secondary N) is 1. The number of hydrogen-bond donors (Lipinski definition) is 2. The minimum atomic E-state index is -3.26. The second-order valence-corrected chi connectivity index (χ2v) is 6.50. The van der Waals surface area contributed by atoms with Crippen LogP contribution in [-0.4, -0.2) is 14.5 Å². The quantitative estimate of drug-likeness (QED) is 0.782. The van der Waals surface area contributed by atoms with Gasteiger partial charge in [0.1, 0.15) is 0 Å². The zero-order valence-electron chi connectivity index (χ0n) is 9.89. The van der Waals surface area contributed by atoms with Crippen LogP contribution in [0.3, 0.4) is 0 Å². The topological polar surface area (TPSA) is 72.2 Å². The van der Waals surface area contributed by atoms with Crippen molar-refractivity contribution in [2.75, 3.05) is 5.73 Å². The van der Waals surface area contributed by atoms with E-state index in [4.69, 9.17) is 5.73 Å². The van der Waals surface area contributed by atoms with Gasteiger partial charge >= 0.3 is 0 Å². The van der Waals surface area contributed by atoms with Crippen LogP contribution in [0.1, 0.15) is 25.3 Å². The molecule has 4 nitrogen and oxygen atoms in total. The molecule has 0 aliphatic heterocycles. The predicted molar refractivity (Wildman–Crippen MR) is 68.8 cm³/mol. The van der Waals surface area contributed by atoms with Crippen LogP contribution in [0.25, 0.3) is 0 Å². The van der Waals surface area contributed by atoms with Crippen LogP contribution in [-0.2, 0) is 15.8 Å². The third-order valence-corrected chi connectivity index (χ3v) is 4.45. The van der Waals surface area contributed by atoms with Crippen molar-refractivity contribution < 1.29 is 8.42 Å². The Morgan fingerprint density at radius 3 is 2.76 bits per heavy atom. The Morgan fingerprint density at radius 2 is 2.18 bits per heavy atom. The van der Waals surface area contributed by atoms with Crippen molar-refractivity contribution in [1.82, 2.24) is 4.72 Å². The van der Waals surface area contributed by atoms with Crippen molar-refractivity contribution in [3.05, 3.63) is 29.8 Å². The van der Waals surface area contributed by atoms with Gasteiger partial charge in [0, 0.05) is 11.7 Å². The molecular weight excluding hydrogens is 236 g/mol. The zero-order valence-corrected chi connectivity index (χ0v) is 10.7. The first-order chi connectivity index (χ1) is 7.96. The van der Waals surface area contributed by atoms with Gasteiger partial charge in [-0.25, -0.2) is 13.1 Å². The first-order valence-electron chi connectivity index (χ1n) is 5.81. The van der Waals surface area contributed by atoms with Gasteiger partial charge in [0.15, 0.2) is 0 Å². The lowest BCUT2D eigenvalue weighted by Crippen LogP contribution is -2.34. The number of nitrogens with two attached hydrogens (primary N) is 1. The Bertz CT molecular complexity index is 495. The highest BCUT2D eigenvalue weighted by molar-refractivity contribution is 7.88. The normalized spacial score (nSPS) is 17.9. The number of nitrogen functional groups attached to an aromatic ring is 1. The highest BCUT2D eigenvalue weighted by Crippen LogP contribution is 2.32. The molecule has 1 aromatic rings. The van der Waals surface area contributed by atoms with Crippen molar-refractivity contribution in [1.29, 1.82) is 0 Å². The summed E-state index contributed by atoms with van der Waals surface area (Å²) in [6.45, 7) is 1.93. The van der Waals surface area contributed by atoms with Crippen LogP contribution in [0.2, 0.25) is 0 Å². The molecule has 1 saturated carbocycles. The Labute approximate surface area is 102 Å². The monoisotopic (exact) mass is 254 g/mol. The number of anilines is 1. The molecule has 1 aliphatic carbocycles. The van der Waals surface area contributed by atoms with E-state index in [0.29, 0.717) is 11.6 Å². The molecule has 0 bridgehead atoms. The van der Waals surface area contributed by atoms with E-state index in [1.165, 1.54) is 0 Å². The van der Waals surface area contributed by atoms with Crippen molar-refractivity contribution >= 4 is 15.7 Å². The highest BCUT2D eigenvalue weighted by Gasteiger charge is 2.30. The van der Waals surface area contributed by atoms with Crippen LogP contribution in [0.4, 0.5) is 5.69 Å². The van der Waals surface area contributed by atoms with E-state index >= 15 is 0 Å². The molecule has 1 aliphatic rings. The molecule has 0 radical (unpaired) electrons. The fourth-order valence-electron chi connectivity index (χ4n) is 1.92. The molecule has 0 saturated heterocycles. The maximum absolute atomic E-state index is 11.9. The molecule has 0 amide bonds. The first kappa shape index (κ1) is 12.4. The maximum atomic E-state index is 11.9. The average molecular weight is 254 g/mol. The van der Waals surface area contributed by atoms with E-state index in [1.807, 2.05) is 6.92 Å². The zero-order chi connectivity index (χ0) is 12.5. The van der Waals surface area contributed by atoms with Crippen LogP contribution < -0.4 is 10.5 Å². The standard InChI is InChI=1S/C12H18N2O2S/c1-9(11-5-6-11)14-17(15,16)8-10-3-2-4-12(13)7-10/h2-4,7,9,11,14H,5-6,8,13H2,1H3. The Balaban J connectivity index is 2.01. The lowest BCUT2D eigenvalue weighted by atomic mass is 10.2. The molecule has 1 atom stereocenters. The largest absolute Gasteiger partial charge is 0.399 e. The minimum Gasteiger partial charge on any atom is -0.399 e. The first-order valence-corrected chi connectivity index (χ1v) is 7.46. The summed E-state index contributed by atoms with van der Waals surface area (Å²) in [5.74, 6) is 0.514. The summed E-state index contributed by atoms with van der Waals surface area (Å²) >= 11 is 0.